The molecular formula is C15H13F3N2O2. The second-order valence-electron chi connectivity index (χ2n) is 4.28. The first kappa shape index (κ1) is 15.7. The van der Waals surface area contributed by atoms with E-state index in [0.717, 1.165) is 0 Å². The number of para-hydroxylation sites is 2. The molecule has 22 heavy (non-hydrogen) atoms. The summed E-state index contributed by atoms with van der Waals surface area (Å²) in [5.74, 6) is -0.949. The van der Waals surface area contributed by atoms with Crippen molar-refractivity contribution < 1.29 is 22.7 Å². The fourth-order valence-electron chi connectivity index (χ4n) is 1.71. The normalized spacial score (nSPS) is 10.4. The van der Waals surface area contributed by atoms with Gasteiger partial charge in [0, 0.05) is 5.69 Å². The third kappa shape index (κ3) is 4.69. The van der Waals surface area contributed by atoms with Crippen LogP contribution in [0, 0.1) is 5.82 Å². The van der Waals surface area contributed by atoms with E-state index in [4.69, 9.17) is 0 Å². The molecule has 0 aliphatic carbocycles. The molecule has 1 amide bonds. The van der Waals surface area contributed by atoms with Crippen molar-refractivity contribution in [2.45, 2.75) is 6.61 Å². The number of anilines is 2. The van der Waals surface area contributed by atoms with Crippen LogP contribution in [0.3, 0.4) is 0 Å². The Bertz CT molecular complexity index is 633. The number of benzene rings is 2. The molecule has 7 heteroatoms. The molecule has 116 valence electrons. The van der Waals surface area contributed by atoms with Crippen LogP contribution >= 0.6 is 0 Å². The van der Waals surface area contributed by atoms with E-state index in [0.29, 0.717) is 5.69 Å². The molecule has 2 aromatic carbocycles. The summed E-state index contributed by atoms with van der Waals surface area (Å²) in [5, 5.41) is 5.25. The van der Waals surface area contributed by atoms with Crippen LogP contribution in [0.4, 0.5) is 24.5 Å². The molecule has 0 fully saturated rings. The Morgan fingerprint density at radius 1 is 1.09 bits per heavy atom. The third-order valence-corrected chi connectivity index (χ3v) is 2.67. The van der Waals surface area contributed by atoms with Gasteiger partial charge in [0.15, 0.2) is 0 Å². The zero-order valence-electron chi connectivity index (χ0n) is 11.4. The average Bonchev–Trinajstić information content (AvgIpc) is 2.48. The zero-order chi connectivity index (χ0) is 15.9. The first-order valence-corrected chi connectivity index (χ1v) is 6.38. The van der Waals surface area contributed by atoms with Crippen LogP contribution in [-0.4, -0.2) is 19.1 Å². The quantitative estimate of drug-likeness (QED) is 0.859. The van der Waals surface area contributed by atoms with Crippen molar-refractivity contribution in [1.82, 2.24) is 0 Å². The van der Waals surface area contributed by atoms with E-state index < -0.39 is 12.5 Å². The number of carbonyl (C=O) groups excluding carboxylic acids is 1. The highest BCUT2D eigenvalue weighted by Crippen LogP contribution is 2.25. The zero-order valence-corrected chi connectivity index (χ0v) is 11.4. The summed E-state index contributed by atoms with van der Waals surface area (Å²) in [6.07, 6.45) is 0. The molecule has 2 aromatic rings. The Hall–Kier alpha value is -2.70. The van der Waals surface area contributed by atoms with Gasteiger partial charge < -0.3 is 15.4 Å². The van der Waals surface area contributed by atoms with Gasteiger partial charge in [-0.05, 0) is 36.4 Å². The van der Waals surface area contributed by atoms with Gasteiger partial charge in [0.2, 0.25) is 5.91 Å². The number of halogens is 3. The molecule has 0 bridgehead atoms. The molecule has 0 radical (unpaired) electrons. The molecule has 0 saturated heterocycles. The molecule has 0 aromatic heterocycles. The van der Waals surface area contributed by atoms with Crippen LogP contribution in [0.1, 0.15) is 0 Å². The summed E-state index contributed by atoms with van der Waals surface area (Å²) in [4.78, 5) is 11.8. The maximum Gasteiger partial charge on any atom is 0.387 e. The number of amides is 1. The highest BCUT2D eigenvalue weighted by Gasteiger charge is 2.11. The predicted octanol–water partition coefficient (Wildman–Crippen LogP) is 3.48. The number of nitrogens with one attached hydrogen (secondary N) is 2. The Balaban J connectivity index is 1.93. The maximum atomic E-state index is 12.7. The average molecular weight is 310 g/mol. The molecule has 2 rings (SSSR count). The van der Waals surface area contributed by atoms with Crippen molar-refractivity contribution >= 4 is 17.3 Å². The first-order chi connectivity index (χ1) is 10.5. The number of ether oxygens (including phenoxy) is 1. The summed E-state index contributed by atoms with van der Waals surface area (Å²) < 4.78 is 41.6. The van der Waals surface area contributed by atoms with Crippen LogP contribution in [0.5, 0.6) is 5.75 Å². The van der Waals surface area contributed by atoms with Gasteiger partial charge in [-0.1, -0.05) is 12.1 Å². The van der Waals surface area contributed by atoms with Gasteiger partial charge in [0.25, 0.3) is 0 Å². The van der Waals surface area contributed by atoms with Crippen LogP contribution in [0.2, 0.25) is 0 Å². The Kier molecular flexibility index (Phi) is 5.24. The molecule has 0 aliphatic rings. The van der Waals surface area contributed by atoms with Gasteiger partial charge in [-0.3, -0.25) is 4.79 Å². The van der Waals surface area contributed by atoms with Crippen LogP contribution < -0.4 is 15.4 Å². The second-order valence-corrected chi connectivity index (χ2v) is 4.28. The Morgan fingerprint density at radius 3 is 2.45 bits per heavy atom. The highest BCUT2D eigenvalue weighted by molar-refractivity contribution is 5.95. The summed E-state index contributed by atoms with van der Waals surface area (Å²) in [6, 6.07) is 11.4. The number of rotatable bonds is 6. The highest BCUT2D eigenvalue weighted by atomic mass is 19.3. The lowest BCUT2D eigenvalue weighted by Crippen LogP contribution is -2.22. The predicted molar refractivity (Wildman–Crippen MR) is 76.6 cm³/mol. The number of carbonyl (C=O) groups is 1. The summed E-state index contributed by atoms with van der Waals surface area (Å²) >= 11 is 0. The van der Waals surface area contributed by atoms with Crippen LogP contribution in [0.15, 0.2) is 48.5 Å². The molecule has 0 saturated carbocycles. The topological polar surface area (TPSA) is 50.4 Å². The fraction of sp³-hybridized carbons (Fsp3) is 0.133. The van der Waals surface area contributed by atoms with Crippen molar-refractivity contribution in [3.63, 3.8) is 0 Å². The van der Waals surface area contributed by atoms with Crippen molar-refractivity contribution in [2.24, 2.45) is 0 Å². The molecule has 0 aliphatic heterocycles. The van der Waals surface area contributed by atoms with Crippen LogP contribution in [-0.2, 0) is 4.79 Å². The monoisotopic (exact) mass is 310 g/mol. The number of alkyl halides is 2. The van der Waals surface area contributed by atoms with Gasteiger partial charge >= 0.3 is 6.61 Å². The molecule has 2 N–H and O–H groups in total. The minimum absolute atomic E-state index is 0.103. The summed E-state index contributed by atoms with van der Waals surface area (Å²) in [5.41, 5.74) is 0.711. The van der Waals surface area contributed by atoms with Crippen molar-refractivity contribution in [3.8, 4) is 5.75 Å². The van der Waals surface area contributed by atoms with Gasteiger partial charge in [-0.2, -0.15) is 8.78 Å². The largest absolute Gasteiger partial charge is 0.433 e. The standard InChI is InChI=1S/C15H13F3N2O2/c16-10-5-7-11(8-6-10)19-9-14(21)20-12-3-1-2-4-13(12)22-15(17)18/h1-8,15,19H,9H2,(H,20,21). The molecular weight excluding hydrogens is 297 g/mol. The fourth-order valence-corrected chi connectivity index (χ4v) is 1.71. The number of hydrogen-bond acceptors (Lipinski definition) is 3. The lowest BCUT2D eigenvalue weighted by atomic mass is 10.3. The van der Waals surface area contributed by atoms with E-state index >= 15 is 0 Å². The Morgan fingerprint density at radius 2 is 1.77 bits per heavy atom. The molecule has 0 unspecified atom stereocenters. The SMILES string of the molecule is O=C(CNc1ccc(F)cc1)Nc1ccccc1OC(F)F. The van der Waals surface area contributed by atoms with E-state index in [-0.39, 0.29) is 23.8 Å². The maximum absolute atomic E-state index is 12.7. The Labute approximate surface area is 124 Å². The van der Waals surface area contributed by atoms with E-state index in [1.165, 1.54) is 42.5 Å². The molecule has 0 spiro atoms. The summed E-state index contributed by atoms with van der Waals surface area (Å²) in [6.45, 7) is -3.08. The van der Waals surface area contributed by atoms with Gasteiger partial charge in [-0.15, -0.1) is 0 Å². The summed E-state index contributed by atoms with van der Waals surface area (Å²) in [7, 11) is 0. The van der Waals surface area contributed by atoms with E-state index in [9.17, 15) is 18.0 Å². The second kappa shape index (κ2) is 7.35. The van der Waals surface area contributed by atoms with Crippen molar-refractivity contribution in [1.29, 1.82) is 0 Å². The van der Waals surface area contributed by atoms with E-state index in [2.05, 4.69) is 15.4 Å². The molecule has 0 atom stereocenters. The minimum Gasteiger partial charge on any atom is -0.433 e. The van der Waals surface area contributed by atoms with Crippen molar-refractivity contribution in [3.05, 3.63) is 54.3 Å². The minimum atomic E-state index is -2.98. The van der Waals surface area contributed by atoms with Crippen LogP contribution in [0.25, 0.3) is 0 Å². The van der Waals surface area contributed by atoms with Gasteiger partial charge in [-0.25, -0.2) is 4.39 Å². The van der Waals surface area contributed by atoms with E-state index in [1.807, 2.05) is 0 Å². The lowest BCUT2D eigenvalue weighted by molar-refractivity contribution is -0.114. The smallest absolute Gasteiger partial charge is 0.387 e. The molecule has 0 heterocycles. The lowest BCUT2D eigenvalue weighted by Gasteiger charge is -2.12. The molecule has 4 nitrogen and oxygen atoms in total. The van der Waals surface area contributed by atoms with Gasteiger partial charge in [0.1, 0.15) is 11.6 Å². The van der Waals surface area contributed by atoms with E-state index in [1.54, 1.807) is 6.07 Å². The third-order valence-electron chi connectivity index (χ3n) is 2.67. The number of hydrogen-bond donors (Lipinski definition) is 2. The first-order valence-electron chi connectivity index (χ1n) is 6.38. The van der Waals surface area contributed by atoms with Crippen molar-refractivity contribution in [2.75, 3.05) is 17.2 Å². The van der Waals surface area contributed by atoms with Gasteiger partial charge in [0.05, 0.1) is 12.2 Å².